The zero-order valence-electron chi connectivity index (χ0n) is 4.27. The Bertz CT molecular complexity index is 60.7. The Labute approximate surface area is 73.7 Å². The third kappa shape index (κ3) is 6.76. The molecule has 0 atom stereocenters. The first-order chi connectivity index (χ1) is 2.64. The zero-order valence-corrected chi connectivity index (χ0v) is 6.40. The molecule has 1 N–H and O–H groups in total. The largest absolute Gasteiger partial charge is 0.481 e. The van der Waals surface area contributed by atoms with Crippen molar-refractivity contribution < 1.29 is 48.5 Å². The predicted molar refractivity (Wildman–Crippen MR) is 22.5 cm³/mol. The van der Waals surface area contributed by atoms with Gasteiger partial charge in [0, 0.05) is 38.6 Å². The van der Waals surface area contributed by atoms with Crippen molar-refractivity contribution in [2.75, 3.05) is 0 Å². The fraction of sp³-hybridized carbons (Fsp3) is 0.750. The normalized spacial score (nSPS) is 7.86. The van der Waals surface area contributed by atoms with Crippen LogP contribution in [0.3, 0.4) is 0 Å². The van der Waals surface area contributed by atoms with Crippen LogP contribution in [-0.4, -0.2) is 11.1 Å². The van der Waals surface area contributed by atoms with Crippen molar-refractivity contribution in [3.63, 3.8) is 0 Å². The molecule has 0 aliphatic heterocycles. The van der Waals surface area contributed by atoms with Gasteiger partial charge in [0.1, 0.15) is 0 Å². The Kier molecular flexibility index (Phi) is 7.49. The molecule has 3 heteroatoms. The average Bonchev–Trinajstić information content (AvgIpc) is 1.36. The Balaban J connectivity index is 0. The molecule has 0 aromatic heterocycles. The molecule has 0 fully saturated rings. The molecule has 7 heavy (non-hydrogen) atoms. The minimum absolute atomic E-state index is 0. The third-order valence-electron chi connectivity index (χ3n) is 0.494. The minimum Gasteiger partial charge on any atom is -0.481 e. The van der Waals surface area contributed by atoms with Crippen LogP contribution < -0.4 is 0 Å². The van der Waals surface area contributed by atoms with E-state index in [2.05, 4.69) is 0 Å². The summed E-state index contributed by atoms with van der Waals surface area (Å²) in [6.45, 7) is 3.28. The fourth-order valence-corrected chi connectivity index (χ4v) is 0. The second-order valence-corrected chi connectivity index (χ2v) is 1.49. The van der Waals surface area contributed by atoms with E-state index in [1.807, 2.05) is 0 Å². The van der Waals surface area contributed by atoms with Crippen LogP contribution in [0.2, 0.25) is 0 Å². The van der Waals surface area contributed by atoms with E-state index in [0.29, 0.717) is 0 Å². The summed E-state index contributed by atoms with van der Waals surface area (Å²) in [7, 11) is 0. The van der Waals surface area contributed by atoms with E-state index < -0.39 is 5.97 Å². The molecule has 0 bridgehead atoms. The molecule has 0 amide bonds. The van der Waals surface area contributed by atoms with Crippen LogP contribution >= 0.6 is 0 Å². The summed E-state index contributed by atoms with van der Waals surface area (Å²) in [5.74, 6) is -0.972. The number of carboxylic acids is 1. The number of hydrogen-bond acceptors (Lipinski definition) is 1. The van der Waals surface area contributed by atoms with Crippen LogP contribution in [0.15, 0.2) is 0 Å². The van der Waals surface area contributed by atoms with Gasteiger partial charge in [0.25, 0.3) is 0 Å². The third-order valence-corrected chi connectivity index (χ3v) is 0.494. The van der Waals surface area contributed by atoms with Crippen LogP contribution in [-0.2, 0) is 4.79 Å². The van der Waals surface area contributed by atoms with E-state index >= 15 is 0 Å². The van der Waals surface area contributed by atoms with Gasteiger partial charge in [-0.1, -0.05) is 13.8 Å². The summed E-state index contributed by atoms with van der Waals surface area (Å²) in [5.41, 5.74) is 0. The molecule has 0 aromatic rings. The second kappa shape index (κ2) is 4.90. The Hall–Kier alpha value is 0.756. The molecular formula is C4H8O2Tb. The standard InChI is InChI=1S/C4H8O2.Tb/c1-3(2)4(5)6;/h3H,1-2H3,(H,5,6);. The second-order valence-electron chi connectivity index (χ2n) is 1.49. The van der Waals surface area contributed by atoms with E-state index in [0.717, 1.165) is 0 Å². The van der Waals surface area contributed by atoms with E-state index in [1.54, 1.807) is 13.8 Å². The average molecular weight is 247 g/mol. The van der Waals surface area contributed by atoms with Crippen LogP contribution in [0.5, 0.6) is 0 Å². The maximum Gasteiger partial charge on any atom is 0.305 e. The van der Waals surface area contributed by atoms with Gasteiger partial charge >= 0.3 is 5.97 Å². The molecule has 0 spiro atoms. The molecular weight excluding hydrogens is 239 g/mol. The van der Waals surface area contributed by atoms with Crippen molar-refractivity contribution >= 4 is 5.97 Å². The molecule has 0 unspecified atom stereocenters. The van der Waals surface area contributed by atoms with E-state index in [-0.39, 0.29) is 44.5 Å². The van der Waals surface area contributed by atoms with Crippen molar-refractivity contribution in [2.45, 2.75) is 13.8 Å². The Morgan fingerprint density at radius 3 is 1.71 bits per heavy atom. The van der Waals surface area contributed by atoms with Gasteiger partial charge in [-0.2, -0.15) is 0 Å². The topological polar surface area (TPSA) is 37.3 Å². The molecule has 2 nitrogen and oxygen atoms in total. The summed E-state index contributed by atoms with van der Waals surface area (Å²) < 4.78 is 0. The van der Waals surface area contributed by atoms with E-state index in [1.165, 1.54) is 0 Å². The Morgan fingerprint density at radius 2 is 1.71 bits per heavy atom. The smallest absolute Gasteiger partial charge is 0.305 e. The monoisotopic (exact) mass is 247 g/mol. The Morgan fingerprint density at radius 1 is 1.57 bits per heavy atom. The summed E-state index contributed by atoms with van der Waals surface area (Å²) >= 11 is 0. The maximum atomic E-state index is 9.70. The van der Waals surface area contributed by atoms with E-state index in [9.17, 15) is 4.79 Å². The number of aliphatic carboxylic acids is 1. The van der Waals surface area contributed by atoms with Crippen molar-refractivity contribution in [2.24, 2.45) is 5.92 Å². The van der Waals surface area contributed by atoms with Crippen molar-refractivity contribution in [3.8, 4) is 0 Å². The minimum atomic E-state index is -0.741. The number of rotatable bonds is 1. The van der Waals surface area contributed by atoms with Gasteiger partial charge in [-0.25, -0.2) is 0 Å². The van der Waals surface area contributed by atoms with Gasteiger partial charge in [0.2, 0.25) is 0 Å². The molecule has 0 aliphatic carbocycles. The zero-order chi connectivity index (χ0) is 5.15. The molecule has 45 valence electrons. The first-order valence-corrected chi connectivity index (χ1v) is 1.87. The van der Waals surface area contributed by atoms with Crippen LogP contribution in [0.1, 0.15) is 13.8 Å². The van der Waals surface area contributed by atoms with Gasteiger partial charge in [-0.05, 0) is 0 Å². The summed E-state index contributed by atoms with van der Waals surface area (Å²) in [5, 5.41) is 7.99. The molecule has 0 saturated heterocycles. The first kappa shape index (κ1) is 10.7. The first-order valence-electron chi connectivity index (χ1n) is 1.87. The predicted octanol–water partition coefficient (Wildman–Crippen LogP) is 0.727. The number of carbonyl (C=O) groups is 1. The summed E-state index contributed by atoms with van der Waals surface area (Å²) in [6, 6.07) is 0. The van der Waals surface area contributed by atoms with Crippen LogP contribution in [0.25, 0.3) is 0 Å². The SMILES string of the molecule is CC(C)C(=O)O.[Tb]. The van der Waals surface area contributed by atoms with Crippen molar-refractivity contribution in [1.82, 2.24) is 0 Å². The number of hydrogen-bond donors (Lipinski definition) is 1. The quantitative estimate of drug-likeness (QED) is 0.741. The molecule has 0 rings (SSSR count). The fourth-order valence-electron chi connectivity index (χ4n) is 0. The molecule has 0 saturated carbocycles. The van der Waals surface area contributed by atoms with Crippen molar-refractivity contribution in [3.05, 3.63) is 0 Å². The summed E-state index contributed by atoms with van der Waals surface area (Å²) in [4.78, 5) is 9.70. The van der Waals surface area contributed by atoms with Gasteiger partial charge in [0.15, 0.2) is 0 Å². The molecule has 1 radical (unpaired) electrons. The van der Waals surface area contributed by atoms with Gasteiger partial charge in [-0.3, -0.25) is 4.79 Å². The summed E-state index contributed by atoms with van der Waals surface area (Å²) in [6.07, 6.45) is 0. The molecule has 0 heterocycles. The maximum absolute atomic E-state index is 9.70. The molecule has 0 aromatic carbocycles. The van der Waals surface area contributed by atoms with Crippen LogP contribution in [0, 0.1) is 44.5 Å². The van der Waals surface area contributed by atoms with Crippen LogP contribution in [0.4, 0.5) is 0 Å². The van der Waals surface area contributed by atoms with Gasteiger partial charge in [-0.15, -0.1) is 0 Å². The van der Waals surface area contributed by atoms with Crippen molar-refractivity contribution in [1.29, 1.82) is 0 Å². The molecule has 0 aliphatic rings. The number of carboxylic acid groups (broad SMARTS) is 1. The van der Waals surface area contributed by atoms with Gasteiger partial charge < -0.3 is 5.11 Å². The van der Waals surface area contributed by atoms with Gasteiger partial charge in [0.05, 0.1) is 5.92 Å². The van der Waals surface area contributed by atoms with E-state index in [4.69, 9.17) is 5.11 Å².